The van der Waals surface area contributed by atoms with E-state index in [1.807, 2.05) is 19.1 Å². The summed E-state index contributed by atoms with van der Waals surface area (Å²) in [5.41, 5.74) is 2.10. The van der Waals surface area contributed by atoms with Crippen molar-refractivity contribution in [2.45, 2.75) is 33.4 Å². The lowest BCUT2D eigenvalue weighted by molar-refractivity contribution is -0.139. The number of ether oxygens (including phenoxy) is 4. The molecule has 0 aliphatic carbocycles. The van der Waals surface area contributed by atoms with Gasteiger partial charge in [-0.05, 0) is 74.4 Å². The molecular weight excluding hydrogens is 607 g/mol. The summed E-state index contributed by atoms with van der Waals surface area (Å²) in [5.74, 6) is 0.486. The molecule has 44 heavy (non-hydrogen) atoms. The number of halogens is 2. The number of rotatable bonds is 10. The summed E-state index contributed by atoms with van der Waals surface area (Å²) in [5, 5.41) is 0.268. The number of carbonyl (C=O) groups is 1. The number of benzene rings is 3. The normalized spacial score (nSPS) is 14.6. The van der Waals surface area contributed by atoms with Gasteiger partial charge in [0, 0.05) is 5.56 Å². The zero-order valence-electron chi connectivity index (χ0n) is 24.6. The van der Waals surface area contributed by atoms with Gasteiger partial charge in [0.2, 0.25) is 0 Å². The molecule has 8 nitrogen and oxygen atoms in total. The number of hydrogen-bond donors (Lipinski definition) is 0. The van der Waals surface area contributed by atoms with Crippen LogP contribution >= 0.6 is 22.9 Å². The first-order chi connectivity index (χ1) is 21.2. The Hall–Kier alpha value is -4.41. The van der Waals surface area contributed by atoms with Crippen molar-refractivity contribution in [3.63, 3.8) is 0 Å². The minimum absolute atomic E-state index is 0.0863. The molecule has 0 fully saturated rings. The van der Waals surface area contributed by atoms with Crippen molar-refractivity contribution in [2.75, 3.05) is 20.3 Å². The van der Waals surface area contributed by atoms with E-state index in [9.17, 15) is 14.0 Å². The number of carbonyl (C=O) groups excluding carboxylic acids is 1. The quantitative estimate of drug-likeness (QED) is 0.211. The number of allylic oxidation sites excluding steroid dienone is 1. The zero-order valence-corrected chi connectivity index (χ0v) is 26.1. The fourth-order valence-electron chi connectivity index (χ4n) is 4.87. The van der Waals surface area contributed by atoms with E-state index in [1.165, 1.54) is 28.0 Å². The van der Waals surface area contributed by atoms with Gasteiger partial charge >= 0.3 is 5.97 Å². The van der Waals surface area contributed by atoms with Gasteiger partial charge in [-0.1, -0.05) is 47.2 Å². The highest BCUT2D eigenvalue weighted by atomic mass is 35.5. The van der Waals surface area contributed by atoms with E-state index in [1.54, 1.807) is 63.4 Å². The smallest absolute Gasteiger partial charge is 0.338 e. The first-order valence-electron chi connectivity index (χ1n) is 13.9. The van der Waals surface area contributed by atoms with Gasteiger partial charge in [0.1, 0.15) is 18.2 Å². The summed E-state index contributed by atoms with van der Waals surface area (Å²) in [6.07, 6.45) is 1.73. The van der Waals surface area contributed by atoms with Crippen molar-refractivity contribution < 1.29 is 28.1 Å². The van der Waals surface area contributed by atoms with E-state index in [0.717, 1.165) is 0 Å². The Morgan fingerprint density at radius 1 is 1.07 bits per heavy atom. The van der Waals surface area contributed by atoms with Crippen molar-refractivity contribution in [1.29, 1.82) is 0 Å². The molecule has 1 aliphatic heterocycles. The zero-order chi connectivity index (χ0) is 31.4. The Kier molecular flexibility index (Phi) is 9.51. The van der Waals surface area contributed by atoms with E-state index >= 15 is 0 Å². The summed E-state index contributed by atoms with van der Waals surface area (Å²) in [7, 11) is 1.57. The minimum atomic E-state index is -0.738. The predicted molar refractivity (Wildman–Crippen MR) is 167 cm³/mol. The second-order valence-electron chi connectivity index (χ2n) is 9.70. The van der Waals surface area contributed by atoms with Crippen LogP contribution in [0, 0.1) is 5.82 Å². The van der Waals surface area contributed by atoms with Crippen LogP contribution in [0.3, 0.4) is 0 Å². The molecule has 1 aliphatic rings. The number of esters is 1. The molecule has 0 saturated carbocycles. The first-order valence-corrected chi connectivity index (χ1v) is 15.1. The molecule has 3 aromatic carbocycles. The average molecular weight is 637 g/mol. The van der Waals surface area contributed by atoms with Crippen molar-refractivity contribution in [2.24, 2.45) is 4.99 Å². The maximum atomic E-state index is 14.3. The van der Waals surface area contributed by atoms with Gasteiger partial charge in [-0.3, -0.25) is 9.36 Å². The Labute approximate surface area is 262 Å². The van der Waals surface area contributed by atoms with Crippen LogP contribution in [0.5, 0.6) is 17.2 Å². The van der Waals surface area contributed by atoms with Crippen LogP contribution in [0.4, 0.5) is 4.39 Å². The first kappa shape index (κ1) is 31.0. The van der Waals surface area contributed by atoms with Crippen LogP contribution in [0.2, 0.25) is 5.02 Å². The molecule has 0 bridgehead atoms. The van der Waals surface area contributed by atoms with E-state index in [2.05, 4.69) is 4.99 Å². The third-order valence-corrected chi connectivity index (χ3v) is 8.28. The van der Waals surface area contributed by atoms with E-state index in [0.29, 0.717) is 55.6 Å². The Balaban J connectivity index is 1.55. The minimum Gasteiger partial charge on any atom is -0.497 e. The second kappa shape index (κ2) is 13.5. The molecule has 5 rings (SSSR count). The van der Waals surface area contributed by atoms with E-state index in [4.69, 9.17) is 30.5 Å². The van der Waals surface area contributed by atoms with Gasteiger partial charge in [0.15, 0.2) is 16.3 Å². The van der Waals surface area contributed by atoms with Crippen molar-refractivity contribution in [3.8, 4) is 17.2 Å². The van der Waals surface area contributed by atoms with Gasteiger partial charge in [-0.15, -0.1) is 0 Å². The van der Waals surface area contributed by atoms with Crippen LogP contribution in [0.25, 0.3) is 6.08 Å². The molecular formula is C33H30ClFN2O6S. The number of methoxy groups -OCH3 is 1. The van der Waals surface area contributed by atoms with Crippen LogP contribution in [-0.4, -0.2) is 30.9 Å². The summed E-state index contributed by atoms with van der Waals surface area (Å²) in [6, 6.07) is 16.1. The van der Waals surface area contributed by atoms with E-state index in [-0.39, 0.29) is 29.4 Å². The fraction of sp³-hybridized carbons (Fsp3) is 0.242. The maximum absolute atomic E-state index is 14.3. The Morgan fingerprint density at radius 2 is 1.84 bits per heavy atom. The Bertz CT molecular complexity index is 1900. The highest BCUT2D eigenvalue weighted by Gasteiger charge is 2.33. The third kappa shape index (κ3) is 6.27. The van der Waals surface area contributed by atoms with Crippen LogP contribution in [0.15, 0.2) is 81.7 Å². The van der Waals surface area contributed by atoms with Gasteiger partial charge in [-0.25, -0.2) is 14.2 Å². The van der Waals surface area contributed by atoms with Crippen molar-refractivity contribution in [1.82, 2.24) is 4.57 Å². The predicted octanol–water partition coefficient (Wildman–Crippen LogP) is 5.58. The standard InChI is InChI=1S/C33H30ClFN2O6S/c1-5-41-27-16-20(10-15-26(27)43-18-23-24(34)8-7-9-25(23)35)17-28-31(38)37-30(21-11-13-22(40-4)14-12-21)29(32(39)42-6-2)19(3)36-33(37)44-28/h7-17,30H,5-6,18H2,1-4H3/t30-/m1/s1. The van der Waals surface area contributed by atoms with Gasteiger partial charge in [-0.2, -0.15) is 0 Å². The highest BCUT2D eigenvalue weighted by molar-refractivity contribution is 7.07. The van der Waals surface area contributed by atoms with Crippen LogP contribution < -0.4 is 29.1 Å². The van der Waals surface area contributed by atoms with Crippen molar-refractivity contribution in [3.05, 3.63) is 119 Å². The number of aromatic nitrogens is 1. The molecule has 0 amide bonds. The third-order valence-electron chi connectivity index (χ3n) is 6.95. The number of fused-ring (bicyclic) bond motifs is 1. The molecule has 2 heterocycles. The van der Waals surface area contributed by atoms with Crippen LogP contribution in [0.1, 0.15) is 43.5 Å². The summed E-state index contributed by atoms with van der Waals surface area (Å²) in [4.78, 5) is 32.1. The molecule has 4 aromatic rings. The molecule has 0 unspecified atom stereocenters. The molecule has 228 valence electrons. The summed E-state index contributed by atoms with van der Waals surface area (Å²) >= 11 is 7.37. The maximum Gasteiger partial charge on any atom is 0.338 e. The SMILES string of the molecule is CCOC(=O)C1=C(C)N=c2sc(=Cc3ccc(OCc4c(F)cccc4Cl)c(OCC)c3)c(=O)n2[C@@H]1c1ccc(OC)cc1. The fourth-order valence-corrected chi connectivity index (χ4v) is 6.13. The molecule has 0 saturated heterocycles. The highest BCUT2D eigenvalue weighted by Crippen LogP contribution is 2.33. The lowest BCUT2D eigenvalue weighted by atomic mass is 9.96. The Morgan fingerprint density at radius 3 is 2.52 bits per heavy atom. The van der Waals surface area contributed by atoms with Gasteiger partial charge in [0.25, 0.3) is 5.56 Å². The molecule has 0 spiro atoms. The number of nitrogens with zero attached hydrogens (tertiary/aromatic N) is 2. The van der Waals surface area contributed by atoms with Crippen molar-refractivity contribution >= 4 is 35.0 Å². The second-order valence-corrected chi connectivity index (χ2v) is 11.1. The molecule has 0 N–H and O–H groups in total. The molecule has 1 aromatic heterocycles. The summed E-state index contributed by atoms with van der Waals surface area (Å²) < 4.78 is 38.6. The molecule has 1 atom stereocenters. The average Bonchev–Trinajstić information content (AvgIpc) is 3.31. The summed E-state index contributed by atoms with van der Waals surface area (Å²) in [6.45, 7) is 5.77. The van der Waals surface area contributed by atoms with E-state index < -0.39 is 17.8 Å². The topological polar surface area (TPSA) is 88.4 Å². The van der Waals surface area contributed by atoms with Gasteiger partial charge < -0.3 is 18.9 Å². The van der Waals surface area contributed by atoms with Crippen LogP contribution in [-0.2, 0) is 16.1 Å². The lowest BCUT2D eigenvalue weighted by Crippen LogP contribution is -2.39. The van der Waals surface area contributed by atoms with Gasteiger partial charge in [0.05, 0.1) is 47.2 Å². The number of hydrogen-bond acceptors (Lipinski definition) is 8. The lowest BCUT2D eigenvalue weighted by Gasteiger charge is -2.24. The molecule has 11 heteroatoms. The monoisotopic (exact) mass is 636 g/mol. The number of thiazole rings is 1. The largest absolute Gasteiger partial charge is 0.497 e. The molecule has 0 radical (unpaired) electrons.